The van der Waals surface area contributed by atoms with Gasteiger partial charge in [0.05, 0.1) is 12.1 Å². The molecule has 7 N–H and O–H groups in total. The predicted molar refractivity (Wildman–Crippen MR) is 110 cm³/mol. The molecule has 28 heavy (non-hydrogen) atoms. The maximum absolute atomic E-state index is 12.6. The van der Waals surface area contributed by atoms with Crippen LogP contribution in [-0.2, 0) is 6.54 Å². The third kappa shape index (κ3) is 4.56. The Kier molecular flexibility index (Phi) is 6.40. The largest absolute Gasteiger partial charge is 0.409 e. The van der Waals surface area contributed by atoms with E-state index < -0.39 is 0 Å². The Hall–Kier alpha value is -2.75. The van der Waals surface area contributed by atoms with Gasteiger partial charge in [-0.15, -0.1) is 0 Å². The molecule has 0 spiro atoms. The number of nitrogen functional groups attached to an aromatic ring is 1. The maximum atomic E-state index is 12.6. The smallest absolute Gasteiger partial charge is 0.208 e. The van der Waals surface area contributed by atoms with Crippen molar-refractivity contribution in [2.24, 2.45) is 16.8 Å². The van der Waals surface area contributed by atoms with Crippen molar-refractivity contribution in [3.05, 3.63) is 35.7 Å². The fourth-order valence-electron chi connectivity index (χ4n) is 3.04. The number of nitrogens with one attached hydrogen (secondary N) is 2. The molecule has 0 radical (unpaired) electrons. The minimum atomic E-state index is -0.211. The Morgan fingerprint density at radius 2 is 2.07 bits per heavy atom. The van der Waals surface area contributed by atoms with Crippen LogP contribution in [0.3, 0.4) is 0 Å². The summed E-state index contributed by atoms with van der Waals surface area (Å²) >= 11 is 0.206. The highest BCUT2D eigenvalue weighted by Crippen LogP contribution is 2.33. The van der Waals surface area contributed by atoms with E-state index in [-0.39, 0.29) is 35.7 Å². The lowest BCUT2D eigenvalue weighted by Crippen LogP contribution is -2.32. The normalized spacial score (nSPS) is 15.7. The first-order chi connectivity index (χ1) is 13.5. The van der Waals surface area contributed by atoms with Crippen LogP contribution < -0.4 is 22.1 Å². The van der Waals surface area contributed by atoms with Gasteiger partial charge >= 0.3 is 0 Å². The summed E-state index contributed by atoms with van der Waals surface area (Å²) in [4.78, 5) is 9.06. The highest BCUT2D eigenvalue weighted by molar-refractivity contribution is 7.94. The van der Waals surface area contributed by atoms with Crippen molar-refractivity contribution in [1.29, 1.82) is 0 Å². The maximum Gasteiger partial charge on any atom is 0.208 e. The second-order valence-corrected chi connectivity index (χ2v) is 7.47. The Morgan fingerprint density at radius 3 is 2.64 bits per heavy atom. The van der Waals surface area contributed by atoms with Crippen molar-refractivity contribution in [3.8, 4) is 0 Å². The lowest BCUT2D eigenvalue weighted by atomic mass is 9.80. The molecule has 150 valence electrons. The van der Waals surface area contributed by atoms with Crippen LogP contribution in [0.4, 0.5) is 21.2 Å². The van der Waals surface area contributed by atoms with E-state index in [0.29, 0.717) is 28.9 Å². The quantitative estimate of drug-likeness (QED) is 0.195. The average molecular weight is 406 g/mol. The molecule has 0 aliphatic heterocycles. The molecule has 1 aliphatic rings. The van der Waals surface area contributed by atoms with Gasteiger partial charge in [-0.1, -0.05) is 23.7 Å². The van der Waals surface area contributed by atoms with E-state index in [1.54, 1.807) is 12.1 Å². The lowest BCUT2D eigenvalue weighted by Gasteiger charge is -2.32. The second kappa shape index (κ2) is 8.96. The van der Waals surface area contributed by atoms with Crippen LogP contribution in [0.15, 0.2) is 34.3 Å². The van der Waals surface area contributed by atoms with Gasteiger partial charge in [0.1, 0.15) is 5.69 Å². The van der Waals surface area contributed by atoms with Crippen LogP contribution in [0.5, 0.6) is 0 Å². The van der Waals surface area contributed by atoms with Crippen molar-refractivity contribution in [3.63, 3.8) is 0 Å². The molecule has 1 heterocycles. The Bertz CT molecular complexity index is 843. The predicted octanol–water partition coefficient (Wildman–Crippen LogP) is 3.34. The molecule has 3 rings (SSSR count). The van der Waals surface area contributed by atoms with E-state index in [1.807, 2.05) is 12.1 Å². The molecule has 1 fully saturated rings. The Balaban J connectivity index is 1.83. The highest BCUT2D eigenvalue weighted by atomic mass is 32.2. The summed E-state index contributed by atoms with van der Waals surface area (Å²) in [5.41, 5.74) is 13.3. The Morgan fingerprint density at radius 1 is 1.36 bits per heavy atom. The van der Waals surface area contributed by atoms with Crippen LogP contribution in [-0.4, -0.2) is 27.1 Å². The van der Waals surface area contributed by atoms with Gasteiger partial charge in [-0.2, -0.15) is 3.89 Å². The zero-order valence-corrected chi connectivity index (χ0v) is 16.3. The first-order valence-electron chi connectivity index (χ1n) is 9.05. The van der Waals surface area contributed by atoms with Gasteiger partial charge < -0.3 is 27.3 Å². The number of benzene rings is 1. The average Bonchev–Trinajstić information content (AvgIpc) is 2.65. The summed E-state index contributed by atoms with van der Waals surface area (Å²) in [7, 11) is 0. The molecule has 8 nitrogen and oxygen atoms in total. The number of anilines is 3. The van der Waals surface area contributed by atoms with Crippen molar-refractivity contribution < 1.29 is 9.09 Å². The van der Waals surface area contributed by atoms with E-state index >= 15 is 0 Å². The summed E-state index contributed by atoms with van der Waals surface area (Å²) in [5.74, 6) is 1.11. The van der Waals surface area contributed by atoms with Gasteiger partial charge in [-0.3, -0.25) is 0 Å². The first kappa shape index (κ1) is 20.0. The fraction of sp³-hybridized carbons (Fsp3) is 0.389. The van der Waals surface area contributed by atoms with Crippen molar-refractivity contribution >= 4 is 35.3 Å². The van der Waals surface area contributed by atoms with Crippen LogP contribution in [0.25, 0.3) is 0 Å². The van der Waals surface area contributed by atoms with Crippen molar-refractivity contribution in [1.82, 2.24) is 9.97 Å². The molecule has 1 aliphatic carbocycles. The van der Waals surface area contributed by atoms with Gasteiger partial charge in [0.25, 0.3) is 0 Å². The zero-order chi connectivity index (χ0) is 20.1. The minimum absolute atomic E-state index is 0.0539. The van der Waals surface area contributed by atoms with Gasteiger partial charge in [0.15, 0.2) is 11.6 Å². The molecule has 1 aromatic carbocycles. The summed E-state index contributed by atoms with van der Waals surface area (Å²) in [6.45, 7) is 2.56. The molecule has 1 atom stereocenters. The third-order valence-corrected chi connectivity index (χ3v) is 5.43. The number of hydrogen-bond donors (Lipinski definition) is 5. The topological polar surface area (TPSA) is 134 Å². The number of amidine groups is 1. The van der Waals surface area contributed by atoms with E-state index in [9.17, 15) is 3.89 Å². The number of hydrogen-bond acceptors (Lipinski definition) is 8. The van der Waals surface area contributed by atoms with Crippen molar-refractivity contribution in [2.75, 3.05) is 16.4 Å². The van der Waals surface area contributed by atoms with E-state index in [2.05, 4.69) is 32.7 Å². The highest BCUT2D eigenvalue weighted by Gasteiger charge is 2.25. The van der Waals surface area contributed by atoms with Gasteiger partial charge in [-0.05, 0) is 43.4 Å². The minimum Gasteiger partial charge on any atom is -0.409 e. The molecule has 1 aromatic heterocycles. The van der Waals surface area contributed by atoms with Crippen LogP contribution in [0.1, 0.15) is 37.6 Å². The first-order valence-corrected chi connectivity index (χ1v) is 9.76. The van der Waals surface area contributed by atoms with Crippen LogP contribution in [0.2, 0.25) is 0 Å². The molecular weight excluding hydrogens is 381 g/mol. The van der Waals surface area contributed by atoms with Crippen LogP contribution in [0, 0.1) is 5.92 Å². The number of aromatic nitrogens is 2. The molecule has 0 bridgehead atoms. The number of nitrogens with two attached hydrogens (primary N) is 2. The molecule has 2 aromatic rings. The Labute approximate surface area is 167 Å². The fourth-order valence-corrected chi connectivity index (χ4v) is 3.28. The van der Waals surface area contributed by atoms with Gasteiger partial charge in [0, 0.05) is 17.5 Å². The standard InChI is InChI=1S/C18H24FN7OS/c1-10(12-3-2-4-12)23-17-14(15(20)24-18(25-17)16(21)26-27)22-9-11-5-7-13(28-19)8-6-11/h5-8,10,12,22,27H,2-4,9H2,1H3,(H2,21,26)(H3,20,23,24,25)/t10-/m1/s1. The van der Waals surface area contributed by atoms with E-state index in [0.717, 1.165) is 5.56 Å². The van der Waals surface area contributed by atoms with Gasteiger partial charge in [-0.25, -0.2) is 9.97 Å². The van der Waals surface area contributed by atoms with Crippen LogP contribution >= 0.6 is 12.1 Å². The molecule has 10 heteroatoms. The third-order valence-electron chi connectivity index (χ3n) is 4.98. The van der Waals surface area contributed by atoms with Crippen molar-refractivity contribution in [2.45, 2.75) is 43.7 Å². The van der Waals surface area contributed by atoms with E-state index in [1.165, 1.54) is 19.3 Å². The SMILES string of the molecule is C[C@@H](Nc1nc(/C(N)=N/O)nc(N)c1NCc1ccc(SF)cc1)C1CCC1. The summed E-state index contributed by atoms with van der Waals surface area (Å²) in [6.07, 6.45) is 3.57. The number of halogens is 1. The second-order valence-electron chi connectivity index (χ2n) is 6.84. The number of nitrogens with zero attached hydrogens (tertiary/aromatic N) is 3. The molecule has 0 unspecified atom stereocenters. The number of oxime groups is 1. The summed E-state index contributed by atoms with van der Waals surface area (Å²) in [6, 6.07) is 7.29. The summed E-state index contributed by atoms with van der Waals surface area (Å²) in [5, 5.41) is 18.5. The molecular formula is C18H24FN7OS. The lowest BCUT2D eigenvalue weighted by molar-refractivity contribution is 0.285. The zero-order valence-electron chi connectivity index (χ0n) is 15.5. The van der Waals surface area contributed by atoms with E-state index in [4.69, 9.17) is 16.7 Å². The number of rotatable bonds is 8. The molecule has 1 saturated carbocycles. The molecule has 0 amide bonds. The summed E-state index contributed by atoms with van der Waals surface area (Å²) < 4.78 is 12.6. The van der Waals surface area contributed by atoms with Gasteiger partial charge in [0.2, 0.25) is 11.7 Å². The molecule has 0 saturated heterocycles. The monoisotopic (exact) mass is 405 g/mol.